The van der Waals surface area contributed by atoms with Gasteiger partial charge in [-0.25, -0.2) is 4.57 Å². The van der Waals surface area contributed by atoms with E-state index < -0.39 is 0 Å². The molecule has 0 spiro atoms. The molecule has 0 saturated heterocycles. The van der Waals surface area contributed by atoms with Gasteiger partial charge >= 0.3 is 0 Å². The first-order chi connectivity index (χ1) is 15.6. The molecule has 6 nitrogen and oxygen atoms in total. The van der Waals surface area contributed by atoms with Crippen LogP contribution in [0.3, 0.4) is 0 Å². The molecule has 156 valence electrons. The zero-order valence-electron chi connectivity index (χ0n) is 17.6. The lowest BCUT2D eigenvalue weighted by Gasteiger charge is -2.14. The minimum absolute atomic E-state index is 0.118. The molecular weight excluding hydrogens is 418 g/mol. The van der Waals surface area contributed by atoms with Crippen LogP contribution in [-0.2, 0) is 5.75 Å². The summed E-state index contributed by atoms with van der Waals surface area (Å²) in [6.45, 7) is 3.99. The Kier molecular flexibility index (Phi) is 5.00. The molecule has 0 aliphatic carbocycles. The molecule has 32 heavy (non-hydrogen) atoms. The maximum absolute atomic E-state index is 13.5. The highest BCUT2D eigenvalue weighted by atomic mass is 32.2. The summed E-state index contributed by atoms with van der Waals surface area (Å²) >= 11 is 1.53. The Hall–Kier alpha value is -3.89. The van der Waals surface area contributed by atoms with Crippen LogP contribution >= 0.6 is 11.8 Å². The number of nitrogens with zero attached hydrogens (tertiary/aromatic N) is 5. The highest BCUT2D eigenvalue weighted by molar-refractivity contribution is 7.98. The Bertz CT molecular complexity index is 1590. The summed E-state index contributed by atoms with van der Waals surface area (Å²) in [4.78, 5) is 13.5. The van der Waals surface area contributed by atoms with Gasteiger partial charge in [0.15, 0.2) is 5.16 Å². The number of hydrogen-bond acceptors (Lipinski definition) is 5. The van der Waals surface area contributed by atoms with Crippen LogP contribution in [0.4, 0.5) is 0 Å². The Morgan fingerprint density at radius 1 is 1.00 bits per heavy atom. The van der Waals surface area contributed by atoms with Crippen LogP contribution < -0.4 is 5.56 Å². The number of benzene rings is 3. The zero-order chi connectivity index (χ0) is 22.2. The topological polar surface area (TPSA) is 76.0 Å². The molecule has 3 aromatic carbocycles. The lowest BCUT2D eigenvalue weighted by Crippen LogP contribution is -2.22. The fraction of sp³-hybridized carbons (Fsp3) is 0.120. The fourth-order valence-corrected chi connectivity index (χ4v) is 4.71. The number of nitriles is 1. The van der Waals surface area contributed by atoms with Crippen LogP contribution in [0.1, 0.15) is 22.3 Å². The van der Waals surface area contributed by atoms with Gasteiger partial charge in [-0.05, 0) is 60.9 Å². The summed E-state index contributed by atoms with van der Waals surface area (Å²) in [6.07, 6.45) is 0. The van der Waals surface area contributed by atoms with Gasteiger partial charge in [-0.3, -0.25) is 9.20 Å². The molecule has 0 atom stereocenters. The molecule has 5 rings (SSSR count). The van der Waals surface area contributed by atoms with Gasteiger partial charge in [-0.1, -0.05) is 48.2 Å². The fourth-order valence-electron chi connectivity index (χ4n) is 3.83. The number of hydrogen-bond donors (Lipinski definition) is 0. The van der Waals surface area contributed by atoms with Gasteiger partial charge in [-0.15, -0.1) is 10.2 Å². The van der Waals surface area contributed by atoms with Crippen molar-refractivity contribution in [2.45, 2.75) is 24.8 Å². The Morgan fingerprint density at radius 2 is 1.84 bits per heavy atom. The smallest absolute Gasteiger partial charge is 0.267 e. The largest absolute Gasteiger partial charge is 0.268 e. The lowest BCUT2D eigenvalue weighted by molar-refractivity contribution is 0.927. The van der Waals surface area contributed by atoms with Crippen LogP contribution in [0.15, 0.2) is 76.7 Å². The van der Waals surface area contributed by atoms with E-state index in [4.69, 9.17) is 5.26 Å². The van der Waals surface area contributed by atoms with Crippen molar-refractivity contribution < 1.29 is 0 Å². The van der Waals surface area contributed by atoms with E-state index in [9.17, 15) is 4.79 Å². The van der Waals surface area contributed by atoms with E-state index in [0.717, 1.165) is 27.9 Å². The first kappa shape index (κ1) is 20.0. The average Bonchev–Trinajstić information content (AvgIpc) is 3.24. The SMILES string of the molecule is Cc1ccc(C)c(-n2c(=O)c3ccccc3n3c(SCc4cccc(C#N)c4)nnc23)c1. The average molecular weight is 438 g/mol. The van der Waals surface area contributed by atoms with E-state index in [2.05, 4.69) is 16.3 Å². The Balaban J connectivity index is 1.72. The van der Waals surface area contributed by atoms with Crippen molar-refractivity contribution in [2.75, 3.05) is 0 Å². The van der Waals surface area contributed by atoms with Gasteiger partial charge in [0.2, 0.25) is 5.78 Å². The van der Waals surface area contributed by atoms with Crippen molar-refractivity contribution in [3.63, 3.8) is 0 Å². The number of thioether (sulfide) groups is 1. The number of aryl methyl sites for hydroxylation is 2. The highest BCUT2D eigenvalue weighted by Gasteiger charge is 2.19. The lowest BCUT2D eigenvalue weighted by atomic mass is 10.1. The minimum Gasteiger partial charge on any atom is -0.268 e. The molecule has 0 N–H and O–H groups in total. The molecule has 0 radical (unpaired) electrons. The molecule has 0 saturated carbocycles. The van der Waals surface area contributed by atoms with Crippen LogP contribution in [0, 0.1) is 25.2 Å². The molecule has 0 fully saturated rings. The highest BCUT2D eigenvalue weighted by Crippen LogP contribution is 2.27. The molecule has 0 aliphatic heterocycles. The molecule has 0 bridgehead atoms. The van der Waals surface area contributed by atoms with Gasteiger partial charge in [0.1, 0.15) is 0 Å². The quantitative estimate of drug-likeness (QED) is 0.377. The summed E-state index contributed by atoms with van der Waals surface area (Å²) < 4.78 is 3.59. The van der Waals surface area contributed by atoms with Crippen molar-refractivity contribution >= 4 is 28.4 Å². The monoisotopic (exact) mass is 437 g/mol. The van der Waals surface area contributed by atoms with Crippen molar-refractivity contribution in [2.24, 2.45) is 0 Å². The van der Waals surface area contributed by atoms with Gasteiger partial charge in [0.05, 0.1) is 28.2 Å². The van der Waals surface area contributed by atoms with Crippen LogP contribution in [0.25, 0.3) is 22.4 Å². The molecule has 5 aromatic rings. The second-order valence-electron chi connectivity index (χ2n) is 7.67. The van der Waals surface area contributed by atoms with E-state index in [1.807, 2.05) is 78.9 Å². The van der Waals surface area contributed by atoms with E-state index in [1.165, 1.54) is 11.8 Å². The Morgan fingerprint density at radius 3 is 2.69 bits per heavy atom. The predicted octanol–water partition coefficient (Wildman–Crippen LogP) is 4.81. The van der Waals surface area contributed by atoms with Gasteiger partial charge in [-0.2, -0.15) is 5.26 Å². The van der Waals surface area contributed by atoms with E-state index in [1.54, 1.807) is 10.6 Å². The normalized spacial score (nSPS) is 11.2. The third-order valence-corrected chi connectivity index (χ3v) is 6.42. The number of fused-ring (bicyclic) bond motifs is 3. The number of aromatic nitrogens is 4. The van der Waals surface area contributed by atoms with E-state index >= 15 is 0 Å². The second kappa shape index (κ2) is 7.98. The molecule has 2 heterocycles. The summed E-state index contributed by atoms with van der Waals surface area (Å²) in [6, 6.07) is 23.3. The van der Waals surface area contributed by atoms with Crippen LogP contribution in [0.2, 0.25) is 0 Å². The van der Waals surface area contributed by atoms with Crippen molar-refractivity contribution in [3.8, 4) is 11.8 Å². The maximum atomic E-state index is 13.5. The molecule has 7 heteroatoms. The third kappa shape index (κ3) is 3.35. The Labute approximate surface area is 188 Å². The first-order valence-electron chi connectivity index (χ1n) is 10.1. The summed E-state index contributed by atoms with van der Waals surface area (Å²) in [5.41, 5.74) is 5.16. The van der Waals surface area contributed by atoms with Gasteiger partial charge < -0.3 is 0 Å². The maximum Gasteiger partial charge on any atom is 0.267 e. The number of para-hydroxylation sites is 1. The number of rotatable bonds is 4. The molecule has 2 aromatic heterocycles. The van der Waals surface area contributed by atoms with Crippen molar-refractivity contribution in [1.29, 1.82) is 5.26 Å². The van der Waals surface area contributed by atoms with Crippen LogP contribution in [0.5, 0.6) is 0 Å². The van der Waals surface area contributed by atoms with Crippen molar-refractivity contribution in [1.82, 2.24) is 19.2 Å². The minimum atomic E-state index is -0.118. The third-order valence-electron chi connectivity index (χ3n) is 5.42. The summed E-state index contributed by atoms with van der Waals surface area (Å²) in [5, 5.41) is 19.3. The van der Waals surface area contributed by atoms with Gasteiger partial charge in [0, 0.05) is 5.75 Å². The standard InChI is InChI=1S/C25H19N5OS/c1-16-10-11-17(2)22(12-16)29-23(31)20-8-3-4-9-21(20)30-24(29)27-28-25(30)32-15-19-7-5-6-18(13-19)14-26/h3-13H,15H2,1-2H3. The van der Waals surface area contributed by atoms with E-state index in [0.29, 0.717) is 27.6 Å². The molecular formula is C25H19N5OS. The second-order valence-corrected chi connectivity index (χ2v) is 8.61. The zero-order valence-corrected chi connectivity index (χ0v) is 18.4. The van der Waals surface area contributed by atoms with Gasteiger partial charge in [0.25, 0.3) is 5.56 Å². The molecule has 0 unspecified atom stereocenters. The predicted molar refractivity (Wildman–Crippen MR) is 126 cm³/mol. The molecule has 0 amide bonds. The van der Waals surface area contributed by atoms with E-state index in [-0.39, 0.29) is 5.56 Å². The van der Waals surface area contributed by atoms with Crippen molar-refractivity contribution in [3.05, 3.63) is 99.3 Å². The first-order valence-corrected chi connectivity index (χ1v) is 11.1. The molecule has 0 aliphatic rings. The summed E-state index contributed by atoms with van der Waals surface area (Å²) in [5.74, 6) is 1.11. The summed E-state index contributed by atoms with van der Waals surface area (Å²) in [7, 11) is 0. The van der Waals surface area contributed by atoms with Crippen LogP contribution in [-0.4, -0.2) is 19.2 Å².